The quantitative estimate of drug-likeness (QED) is 0.754. The maximum Gasteiger partial charge on any atom is 0.193 e. The van der Waals surface area contributed by atoms with Crippen molar-refractivity contribution in [1.82, 2.24) is 0 Å². The molecule has 1 rings (SSSR count). The van der Waals surface area contributed by atoms with Crippen LogP contribution in [0.2, 0.25) is 17.1 Å². The Kier molecular flexibility index (Phi) is 5.68. The van der Waals surface area contributed by atoms with E-state index in [1.807, 2.05) is 0 Å². The average Bonchev–Trinajstić information content (AvgIpc) is 2.31. The summed E-state index contributed by atoms with van der Waals surface area (Å²) in [4.78, 5) is 10.7. The largest absolute Gasteiger partial charge is 0.431 e. The zero-order valence-electron chi connectivity index (χ0n) is 12.2. The normalized spacial score (nSPS) is 12.5. The molecule has 1 nitrogen and oxygen atoms in total. The number of aryl methyl sites for hydroxylation is 1. The molecule has 0 amide bonds. The molecule has 19 heavy (non-hydrogen) atoms. The molecule has 0 unspecified atom stereocenters. The number of rotatable bonds is 6. The molecule has 0 radical (unpaired) electrons. The van der Waals surface area contributed by atoms with Gasteiger partial charge in [-0.2, -0.15) is 0 Å². The maximum atomic E-state index is 13.5. The average molecular weight is 286 g/mol. The topological polar surface area (TPSA) is 20.2 Å². The molecule has 4 heteroatoms. The minimum absolute atomic E-state index is 0.297. The van der Waals surface area contributed by atoms with Crippen LogP contribution in [0.1, 0.15) is 39.7 Å². The highest BCUT2D eigenvalue weighted by atomic mass is 28.4. The summed E-state index contributed by atoms with van der Waals surface area (Å²) in [7, 11) is -2.28. The van der Waals surface area contributed by atoms with E-state index in [0.29, 0.717) is 23.1 Å². The van der Waals surface area contributed by atoms with Crippen molar-refractivity contribution in [3.63, 3.8) is 0 Å². The zero-order chi connectivity index (χ0) is 14.6. The summed E-state index contributed by atoms with van der Waals surface area (Å²) < 4.78 is 26.3. The van der Waals surface area contributed by atoms with Gasteiger partial charge in [0.1, 0.15) is 11.6 Å². The number of benzene rings is 1. The van der Waals surface area contributed by atoms with Crippen LogP contribution >= 0.6 is 0 Å². The van der Waals surface area contributed by atoms with Gasteiger partial charge in [0, 0.05) is 6.07 Å². The molecule has 0 atom stereocenters. The van der Waals surface area contributed by atoms with E-state index in [4.69, 9.17) is 0 Å². The van der Waals surface area contributed by atoms with Gasteiger partial charge in [-0.05, 0) is 41.6 Å². The standard InChI is InChI=1S/C15H24F2OSi/c1-11(2)19(18,12(3)4)9-5-6-13-7-8-14(16)10-15(13)17/h7-8,10-12,18H,5-6,9H2,1-4H3. The highest BCUT2D eigenvalue weighted by molar-refractivity contribution is 6.75. The van der Waals surface area contributed by atoms with Crippen molar-refractivity contribution in [3.8, 4) is 0 Å². The van der Waals surface area contributed by atoms with E-state index in [1.165, 1.54) is 12.1 Å². The van der Waals surface area contributed by atoms with Gasteiger partial charge in [-0.1, -0.05) is 33.8 Å². The van der Waals surface area contributed by atoms with Crippen LogP contribution in [0.3, 0.4) is 0 Å². The van der Waals surface area contributed by atoms with Gasteiger partial charge in [0.2, 0.25) is 0 Å². The van der Waals surface area contributed by atoms with Gasteiger partial charge in [0.05, 0.1) is 0 Å². The Hall–Kier alpha value is -0.743. The lowest BCUT2D eigenvalue weighted by Gasteiger charge is -2.33. The monoisotopic (exact) mass is 286 g/mol. The Labute approximate surface area is 115 Å². The Morgan fingerprint density at radius 1 is 1.11 bits per heavy atom. The summed E-state index contributed by atoms with van der Waals surface area (Å²) in [5.41, 5.74) is 1.13. The van der Waals surface area contributed by atoms with Crippen LogP contribution in [-0.2, 0) is 6.42 Å². The fraction of sp³-hybridized carbons (Fsp3) is 0.600. The summed E-state index contributed by atoms with van der Waals surface area (Å²) in [5.74, 6) is -1.03. The van der Waals surface area contributed by atoms with E-state index in [0.717, 1.165) is 18.5 Å². The van der Waals surface area contributed by atoms with Crippen molar-refractivity contribution in [2.75, 3.05) is 0 Å². The number of hydrogen-bond donors (Lipinski definition) is 1. The molecule has 0 fully saturated rings. The van der Waals surface area contributed by atoms with E-state index in [1.54, 1.807) is 0 Å². The van der Waals surface area contributed by atoms with Crippen LogP contribution in [-0.4, -0.2) is 13.1 Å². The third-order valence-corrected chi connectivity index (χ3v) is 9.19. The van der Waals surface area contributed by atoms with Gasteiger partial charge in [-0.3, -0.25) is 0 Å². The zero-order valence-corrected chi connectivity index (χ0v) is 13.2. The molecule has 1 aromatic rings. The van der Waals surface area contributed by atoms with Gasteiger partial charge in [0.25, 0.3) is 0 Å². The predicted octanol–water partition coefficient (Wildman–Crippen LogP) is 4.66. The Morgan fingerprint density at radius 2 is 1.68 bits per heavy atom. The van der Waals surface area contributed by atoms with Gasteiger partial charge in [0.15, 0.2) is 8.32 Å². The molecule has 0 heterocycles. The molecule has 0 bridgehead atoms. The van der Waals surface area contributed by atoms with Crippen LogP contribution in [0.5, 0.6) is 0 Å². The number of hydrogen-bond acceptors (Lipinski definition) is 1. The first kappa shape index (κ1) is 16.3. The lowest BCUT2D eigenvalue weighted by Crippen LogP contribution is -2.41. The van der Waals surface area contributed by atoms with Crippen molar-refractivity contribution in [2.24, 2.45) is 0 Å². The van der Waals surface area contributed by atoms with Crippen LogP contribution in [0.15, 0.2) is 18.2 Å². The highest BCUT2D eigenvalue weighted by Crippen LogP contribution is 2.34. The van der Waals surface area contributed by atoms with Gasteiger partial charge < -0.3 is 4.80 Å². The molecule has 0 saturated heterocycles. The van der Waals surface area contributed by atoms with Crippen molar-refractivity contribution in [2.45, 2.75) is 57.7 Å². The SMILES string of the molecule is CC(C)[Si](O)(CCCc1ccc(F)cc1F)C(C)C. The summed E-state index contributed by atoms with van der Waals surface area (Å²) in [6, 6.07) is 4.46. The fourth-order valence-corrected chi connectivity index (χ4v) is 5.76. The van der Waals surface area contributed by atoms with Crippen LogP contribution in [0.25, 0.3) is 0 Å². The van der Waals surface area contributed by atoms with Crippen molar-refractivity contribution >= 4 is 8.32 Å². The highest BCUT2D eigenvalue weighted by Gasteiger charge is 2.37. The van der Waals surface area contributed by atoms with E-state index in [2.05, 4.69) is 27.7 Å². The summed E-state index contributed by atoms with van der Waals surface area (Å²) in [6.07, 6.45) is 1.31. The number of halogens is 2. The van der Waals surface area contributed by atoms with Gasteiger partial charge >= 0.3 is 0 Å². The van der Waals surface area contributed by atoms with Crippen molar-refractivity contribution < 1.29 is 13.6 Å². The predicted molar refractivity (Wildman–Crippen MR) is 77.7 cm³/mol. The second-order valence-electron chi connectivity index (χ2n) is 5.89. The van der Waals surface area contributed by atoms with Gasteiger partial charge in [-0.15, -0.1) is 0 Å². The fourth-order valence-electron chi connectivity index (χ4n) is 2.53. The molecule has 0 aliphatic heterocycles. The van der Waals surface area contributed by atoms with E-state index in [9.17, 15) is 13.6 Å². The molecular formula is C15H24F2OSi. The minimum Gasteiger partial charge on any atom is -0.431 e. The first-order valence-corrected chi connectivity index (χ1v) is 9.24. The van der Waals surface area contributed by atoms with E-state index >= 15 is 0 Å². The second-order valence-corrected chi connectivity index (χ2v) is 10.7. The third kappa shape index (κ3) is 4.11. The summed E-state index contributed by atoms with van der Waals surface area (Å²) in [6.45, 7) is 8.24. The minimum atomic E-state index is -2.28. The Morgan fingerprint density at radius 3 is 2.16 bits per heavy atom. The second kappa shape index (κ2) is 6.62. The van der Waals surface area contributed by atoms with Gasteiger partial charge in [-0.25, -0.2) is 8.78 Å². The molecule has 1 aromatic carbocycles. The van der Waals surface area contributed by atoms with Crippen molar-refractivity contribution in [3.05, 3.63) is 35.4 Å². The maximum absolute atomic E-state index is 13.5. The first-order chi connectivity index (χ1) is 8.77. The van der Waals surface area contributed by atoms with E-state index < -0.39 is 20.0 Å². The Bertz CT molecular complexity index is 411. The molecule has 0 saturated carbocycles. The lowest BCUT2D eigenvalue weighted by molar-refractivity contribution is 0.485. The lowest BCUT2D eigenvalue weighted by atomic mass is 10.1. The summed E-state index contributed by atoms with van der Waals surface area (Å²) >= 11 is 0. The third-order valence-electron chi connectivity index (χ3n) is 4.04. The van der Waals surface area contributed by atoms with Crippen LogP contribution in [0.4, 0.5) is 8.78 Å². The molecule has 0 aliphatic carbocycles. The Balaban J connectivity index is 2.62. The summed E-state index contributed by atoms with van der Waals surface area (Å²) in [5, 5.41) is 0. The smallest absolute Gasteiger partial charge is 0.193 e. The molecule has 108 valence electrons. The van der Waals surface area contributed by atoms with Crippen molar-refractivity contribution in [1.29, 1.82) is 0 Å². The molecule has 0 aromatic heterocycles. The van der Waals surface area contributed by atoms with E-state index in [-0.39, 0.29) is 0 Å². The van der Waals surface area contributed by atoms with Crippen LogP contribution in [0, 0.1) is 11.6 Å². The van der Waals surface area contributed by atoms with Crippen LogP contribution < -0.4 is 0 Å². The molecule has 0 spiro atoms. The molecule has 1 N–H and O–H groups in total. The molecule has 0 aliphatic rings. The first-order valence-electron chi connectivity index (χ1n) is 6.93. The molecular weight excluding hydrogens is 262 g/mol.